The van der Waals surface area contributed by atoms with Crippen LogP contribution in [0.3, 0.4) is 0 Å². The molecular formula is C31H33NO3. The van der Waals surface area contributed by atoms with Crippen molar-refractivity contribution in [1.82, 2.24) is 0 Å². The van der Waals surface area contributed by atoms with Gasteiger partial charge in [-0.25, -0.2) is 0 Å². The third-order valence-corrected chi connectivity index (χ3v) is 6.58. The van der Waals surface area contributed by atoms with Crippen LogP contribution in [0.25, 0.3) is 10.8 Å². The first kappa shape index (κ1) is 23.4. The Labute approximate surface area is 207 Å². The molecule has 0 saturated heterocycles. The summed E-state index contributed by atoms with van der Waals surface area (Å²) in [6.07, 6.45) is -0.483. The van der Waals surface area contributed by atoms with Crippen molar-refractivity contribution in [3.8, 4) is 5.75 Å². The molecule has 0 amide bonds. The Balaban J connectivity index is 1.38. The predicted molar refractivity (Wildman–Crippen MR) is 142 cm³/mol. The molecule has 1 aliphatic heterocycles. The van der Waals surface area contributed by atoms with Gasteiger partial charge in [0.05, 0.1) is 6.61 Å². The second kappa shape index (κ2) is 10.1. The Kier molecular flexibility index (Phi) is 6.76. The van der Waals surface area contributed by atoms with Crippen LogP contribution in [0.15, 0.2) is 91.0 Å². The molecule has 4 aromatic carbocycles. The van der Waals surface area contributed by atoms with Gasteiger partial charge in [0.1, 0.15) is 23.6 Å². The molecule has 5 rings (SSSR count). The van der Waals surface area contributed by atoms with E-state index >= 15 is 0 Å². The number of nitrogens with one attached hydrogen (secondary N) is 1. The minimum absolute atomic E-state index is 0.224. The van der Waals surface area contributed by atoms with Crippen LogP contribution in [0.4, 0.5) is 5.69 Å². The minimum atomic E-state index is -0.539. The Morgan fingerprint density at radius 3 is 2.37 bits per heavy atom. The Morgan fingerprint density at radius 2 is 1.57 bits per heavy atom. The Morgan fingerprint density at radius 1 is 0.800 bits per heavy atom. The van der Waals surface area contributed by atoms with Crippen LogP contribution in [0.1, 0.15) is 43.6 Å². The first-order valence-electron chi connectivity index (χ1n) is 12.3. The quantitative estimate of drug-likeness (QED) is 0.295. The number of hydrogen-bond acceptors (Lipinski definition) is 4. The zero-order valence-corrected chi connectivity index (χ0v) is 20.7. The van der Waals surface area contributed by atoms with Crippen LogP contribution in [0.2, 0.25) is 0 Å². The van der Waals surface area contributed by atoms with Gasteiger partial charge in [0, 0.05) is 24.4 Å². The highest BCUT2D eigenvalue weighted by molar-refractivity contribution is 5.82. The Hall–Kier alpha value is -3.34. The smallest absolute Gasteiger partial charge is 0.132 e. The van der Waals surface area contributed by atoms with Gasteiger partial charge >= 0.3 is 0 Å². The van der Waals surface area contributed by atoms with Crippen LogP contribution in [-0.2, 0) is 22.6 Å². The summed E-state index contributed by atoms with van der Waals surface area (Å²) in [5, 5.41) is 5.98. The fraction of sp³-hybridized carbons (Fsp3) is 0.290. The number of rotatable bonds is 8. The molecule has 1 aliphatic rings. The summed E-state index contributed by atoms with van der Waals surface area (Å²) in [6.45, 7) is 8.03. The van der Waals surface area contributed by atoms with Crippen molar-refractivity contribution in [2.45, 2.75) is 51.7 Å². The summed E-state index contributed by atoms with van der Waals surface area (Å²) < 4.78 is 19.3. The second-order valence-corrected chi connectivity index (χ2v) is 9.59. The van der Waals surface area contributed by atoms with Gasteiger partial charge in [-0.1, -0.05) is 66.7 Å². The average molecular weight is 468 g/mol. The predicted octanol–water partition coefficient (Wildman–Crippen LogP) is 7.29. The highest BCUT2D eigenvalue weighted by Gasteiger charge is 2.45. The van der Waals surface area contributed by atoms with E-state index in [9.17, 15) is 0 Å². The van der Waals surface area contributed by atoms with E-state index in [1.807, 2.05) is 19.1 Å². The number of hydrogen-bond donors (Lipinski definition) is 1. The van der Waals surface area contributed by atoms with E-state index in [1.165, 1.54) is 16.3 Å². The first-order chi connectivity index (χ1) is 17.0. The van der Waals surface area contributed by atoms with Crippen molar-refractivity contribution in [2.75, 3.05) is 11.9 Å². The van der Waals surface area contributed by atoms with Crippen molar-refractivity contribution in [1.29, 1.82) is 0 Å². The molecule has 0 aliphatic carbocycles. The molecule has 1 heterocycles. The summed E-state index contributed by atoms with van der Waals surface area (Å²) in [6, 6.07) is 31.5. The topological polar surface area (TPSA) is 39.7 Å². The molecule has 4 aromatic rings. The van der Waals surface area contributed by atoms with Crippen molar-refractivity contribution in [2.24, 2.45) is 0 Å². The van der Waals surface area contributed by atoms with E-state index in [4.69, 9.17) is 14.2 Å². The Bertz CT molecular complexity index is 1280. The molecule has 0 radical (unpaired) electrons. The molecule has 0 fully saturated rings. The van der Waals surface area contributed by atoms with E-state index in [0.29, 0.717) is 13.2 Å². The van der Waals surface area contributed by atoms with Crippen LogP contribution in [0, 0.1) is 0 Å². The summed E-state index contributed by atoms with van der Waals surface area (Å²) in [5.74, 6) is 0.851. The molecule has 2 unspecified atom stereocenters. The van der Waals surface area contributed by atoms with E-state index in [2.05, 4.69) is 98.0 Å². The maximum atomic E-state index is 6.55. The van der Waals surface area contributed by atoms with Crippen molar-refractivity contribution in [3.63, 3.8) is 0 Å². The van der Waals surface area contributed by atoms with Crippen molar-refractivity contribution in [3.05, 3.63) is 108 Å². The molecular weight excluding hydrogens is 434 g/mol. The lowest BCUT2D eigenvalue weighted by atomic mass is 9.87. The third-order valence-electron chi connectivity index (χ3n) is 6.58. The van der Waals surface area contributed by atoms with E-state index < -0.39 is 5.60 Å². The first-order valence-corrected chi connectivity index (χ1v) is 12.3. The highest BCUT2D eigenvalue weighted by Crippen LogP contribution is 2.44. The fourth-order valence-corrected chi connectivity index (χ4v) is 4.80. The van der Waals surface area contributed by atoms with Gasteiger partial charge in [-0.2, -0.15) is 0 Å². The lowest BCUT2D eigenvalue weighted by Gasteiger charge is -2.44. The second-order valence-electron chi connectivity index (χ2n) is 9.59. The zero-order valence-electron chi connectivity index (χ0n) is 20.7. The molecule has 4 heteroatoms. The van der Waals surface area contributed by atoms with Crippen LogP contribution in [-0.4, -0.2) is 18.3 Å². The average Bonchev–Trinajstić information content (AvgIpc) is 2.87. The number of anilines is 1. The SMILES string of the molecule is CCOC1c2cc(NCc3ccccc3)ccc2OC(C)(C)C1OCc1ccc2ccccc2c1. The molecule has 35 heavy (non-hydrogen) atoms. The van der Waals surface area contributed by atoms with Gasteiger partial charge in [0.25, 0.3) is 0 Å². The lowest BCUT2D eigenvalue weighted by molar-refractivity contribution is -0.165. The van der Waals surface area contributed by atoms with Gasteiger partial charge in [-0.15, -0.1) is 0 Å². The zero-order chi connectivity index (χ0) is 24.3. The van der Waals surface area contributed by atoms with Crippen LogP contribution < -0.4 is 10.1 Å². The summed E-state index contributed by atoms with van der Waals surface area (Å²) in [7, 11) is 0. The molecule has 0 saturated carbocycles. The summed E-state index contributed by atoms with van der Waals surface area (Å²) in [5.41, 5.74) is 3.89. The van der Waals surface area contributed by atoms with Crippen molar-refractivity contribution >= 4 is 16.5 Å². The van der Waals surface area contributed by atoms with Gasteiger partial charge < -0.3 is 19.5 Å². The van der Waals surface area contributed by atoms with Crippen molar-refractivity contribution < 1.29 is 14.2 Å². The van der Waals surface area contributed by atoms with Gasteiger partial charge in [0.2, 0.25) is 0 Å². The summed E-state index contributed by atoms with van der Waals surface area (Å²) in [4.78, 5) is 0. The van der Waals surface area contributed by atoms with E-state index in [0.717, 1.165) is 29.1 Å². The maximum absolute atomic E-state index is 6.55. The summed E-state index contributed by atoms with van der Waals surface area (Å²) >= 11 is 0. The minimum Gasteiger partial charge on any atom is -0.485 e. The van der Waals surface area contributed by atoms with E-state index in [1.54, 1.807) is 0 Å². The molecule has 4 nitrogen and oxygen atoms in total. The molecule has 1 N–H and O–H groups in total. The fourth-order valence-electron chi connectivity index (χ4n) is 4.80. The van der Waals surface area contributed by atoms with Crippen LogP contribution >= 0.6 is 0 Å². The van der Waals surface area contributed by atoms with Crippen LogP contribution in [0.5, 0.6) is 5.75 Å². The third kappa shape index (κ3) is 5.19. The maximum Gasteiger partial charge on any atom is 0.132 e. The van der Waals surface area contributed by atoms with Gasteiger partial charge in [-0.05, 0) is 66.9 Å². The number of fused-ring (bicyclic) bond motifs is 2. The van der Waals surface area contributed by atoms with Gasteiger partial charge in [0.15, 0.2) is 0 Å². The molecule has 2 atom stereocenters. The number of ether oxygens (including phenoxy) is 3. The van der Waals surface area contributed by atoms with E-state index in [-0.39, 0.29) is 12.2 Å². The van der Waals surface area contributed by atoms with Gasteiger partial charge in [-0.3, -0.25) is 0 Å². The largest absolute Gasteiger partial charge is 0.485 e. The molecule has 180 valence electrons. The molecule has 0 spiro atoms. The number of benzene rings is 4. The molecule has 0 bridgehead atoms. The standard InChI is InChI=1S/C31H33NO3/c1-4-33-29-27-19-26(32-20-22-10-6-5-7-11-22)16-17-28(27)35-31(2,3)30(29)34-21-23-14-15-24-12-8-9-13-25(24)18-23/h5-19,29-30,32H,4,20-21H2,1-3H3. The monoisotopic (exact) mass is 467 g/mol. The highest BCUT2D eigenvalue weighted by atomic mass is 16.6. The normalized spacial score (nSPS) is 18.6. The molecule has 0 aromatic heterocycles. The lowest BCUT2D eigenvalue weighted by Crippen LogP contribution is -2.51.